The maximum absolute atomic E-state index is 13.4. The van der Waals surface area contributed by atoms with Gasteiger partial charge in [-0.2, -0.15) is 4.31 Å². The van der Waals surface area contributed by atoms with Crippen molar-refractivity contribution >= 4 is 56.4 Å². The number of anilines is 1. The predicted octanol–water partition coefficient (Wildman–Crippen LogP) is 4.36. The zero-order valence-electron chi connectivity index (χ0n) is 20.3. The summed E-state index contributed by atoms with van der Waals surface area (Å²) in [4.78, 5) is 14.5. The molecule has 0 spiro atoms. The van der Waals surface area contributed by atoms with E-state index in [9.17, 15) is 13.2 Å². The predicted molar refractivity (Wildman–Crippen MR) is 145 cm³/mol. The van der Waals surface area contributed by atoms with Gasteiger partial charge in [-0.3, -0.25) is 4.79 Å². The highest BCUT2D eigenvalue weighted by Crippen LogP contribution is 2.36. The zero-order chi connectivity index (χ0) is 26.4. The molecule has 1 amide bonds. The van der Waals surface area contributed by atoms with E-state index in [2.05, 4.69) is 10.2 Å². The number of nitrogens with one attached hydrogen (secondary N) is 1. The molecule has 12 heteroatoms. The second kappa shape index (κ2) is 13.0. The van der Waals surface area contributed by atoms with Crippen molar-refractivity contribution in [2.75, 3.05) is 51.0 Å². The lowest BCUT2D eigenvalue weighted by Crippen LogP contribution is -2.46. The van der Waals surface area contributed by atoms with Gasteiger partial charge in [-0.15, -0.1) is 0 Å². The molecular formula is C25H30Cl3N3O5S. The van der Waals surface area contributed by atoms with Gasteiger partial charge in [0.2, 0.25) is 15.9 Å². The van der Waals surface area contributed by atoms with Crippen molar-refractivity contribution in [1.29, 1.82) is 0 Å². The first kappa shape index (κ1) is 28.4. The number of morpholine rings is 1. The number of nitrogens with zero attached hydrogens (tertiary/aromatic N) is 2. The van der Waals surface area contributed by atoms with Crippen LogP contribution in [0.15, 0.2) is 41.3 Å². The molecule has 0 bridgehead atoms. The van der Waals surface area contributed by atoms with Crippen molar-refractivity contribution in [3.05, 3.63) is 57.0 Å². The molecule has 2 aromatic rings. The van der Waals surface area contributed by atoms with Crippen LogP contribution in [-0.4, -0.2) is 70.7 Å². The molecule has 2 aliphatic rings. The van der Waals surface area contributed by atoms with Gasteiger partial charge in [-0.1, -0.05) is 53.4 Å². The Balaban J connectivity index is 1.28. The molecule has 2 aromatic carbocycles. The van der Waals surface area contributed by atoms with E-state index in [1.807, 2.05) is 24.3 Å². The highest BCUT2D eigenvalue weighted by Gasteiger charge is 2.36. The summed E-state index contributed by atoms with van der Waals surface area (Å²) in [5, 5.41) is 3.05. The molecule has 2 aliphatic heterocycles. The SMILES string of the molecule is O=C(COCC1CCCCN1S(=O)(=O)c1c(Cl)cc(Cl)cc1Cl)NCc1ccc(N2CCOCC2)cc1. The van der Waals surface area contributed by atoms with E-state index in [1.54, 1.807) is 0 Å². The highest BCUT2D eigenvalue weighted by molar-refractivity contribution is 7.89. The number of carbonyl (C=O) groups excluding carboxylic acids is 1. The third-order valence-corrected chi connectivity index (χ3v) is 9.54. The van der Waals surface area contributed by atoms with Gasteiger partial charge in [0.25, 0.3) is 0 Å². The van der Waals surface area contributed by atoms with Crippen LogP contribution in [0.25, 0.3) is 0 Å². The van der Waals surface area contributed by atoms with Crippen LogP contribution in [0, 0.1) is 0 Å². The summed E-state index contributed by atoms with van der Waals surface area (Å²) in [5.41, 5.74) is 2.11. The van der Waals surface area contributed by atoms with Gasteiger partial charge >= 0.3 is 0 Å². The normalized spacial score (nSPS) is 19.1. The van der Waals surface area contributed by atoms with Gasteiger partial charge < -0.3 is 19.7 Å². The molecule has 2 heterocycles. The van der Waals surface area contributed by atoms with Gasteiger partial charge in [-0.05, 0) is 42.7 Å². The minimum atomic E-state index is -3.98. The Morgan fingerprint density at radius 3 is 2.38 bits per heavy atom. The Bertz CT molecular complexity index is 1170. The van der Waals surface area contributed by atoms with Gasteiger partial charge in [0.15, 0.2) is 0 Å². The van der Waals surface area contributed by atoms with E-state index in [1.165, 1.54) is 16.4 Å². The zero-order valence-corrected chi connectivity index (χ0v) is 23.4. The summed E-state index contributed by atoms with van der Waals surface area (Å²) in [6.07, 6.45) is 2.18. The van der Waals surface area contributed by atoms with Crippen LogP contribution in [0.2, 0.25) is 15.1 Å². The van der Waals surface area contributed by atoms with Crippen LogP contribution in [0.3, 0.4) is 0 Å². The van der Waals surface area contributed by atoms with Crippen LogP contribution in [0.4, 0.5) is 5.69 Å². The van der Waals surface area contributed by atoms with Gasteiger partial charge in [0.1, 0.15) is 11.5 Å². The molecule has 0 aliphatic carbocycles. The number of halogens is 3. The maximum Gasteiger partial charge on any atom is 0.246 e. The number of sulfonamides is 1. The van der Waals surface area contributed by atoms with E-state index < -0.39 is 16.1 Å². The van der Waals surface area contributed by atoms with Crippen LogP contribution in [0.1, 0.15) is 24.8 Å². The molecule has 1 unspecified atom stereocenters. The van der Waals surface area contributed by atoms with Crippen molar-refractivity contribution in [1.82, 2.24) is 9.62 Å². The summed E-state index contributed by atoms with van der Waals surface area (Å²) >= 11 is 18.3. The Morgan fingerprint density at radius 2 is 1.70 bits per heavy atom. The van der Waals surface area contributed by atoms with E-state index in [-0.39, 0.29) is 39.1 Å². The fraction of sp³-hybridized carbons (Fsp3) is 0.480. The average molecular weight is 591 g/mol. The summed E-state index contributed by atoms with van der Waals surface area (Å²) in [5.74, 6) is -0.272. The number of ether oxygens (including phenoxy) is 2. The molecule has 2 saturated heterocycles. The van der Waals surface area contributed by atoms with Gasteiger partial charge in [0, 0.05) is 42.9 Å². The number of rotatable bonds is 9. The van der Waals surface area contributed by atoms with Gasteiger partial charge in [0.05, 0.1) is 29.9 Å². The largest absolute Gasteiger partial charge is 0.378 e. The monoisotopic (exact) mass is 589 g/mol. The van der Waals surface area contributed by atoms with Crippen molar-refractivity contribution in [2.24, 2.45) is 0 Å². The lowest BCUT2D eigenvalue weighted by Gasteiger charge is -2.34. The van der Waals surface area contributed by atoms with Crippen LogP contribution in [0.5, 0.6) is 0 Å². The number of benzene rings is 2. The Hall–Kier alpha value is -1.59. The Morgan fingerprint density at radius 1 is 1.03 bits per heavy atom. The lowest BCUT2D eigenvalue weighted by atomic mass is 10.1. The number of hydrogen-bond donors (Lipinski definition) is 1. The third kappa shape index (κ3) is 7.29. The van der Waals surface area contributed by atoms with Crippen LogP contribution in [-0.2, 0) is 30.8 Å². The lowest BCUT2D eigenvalue weighted by molar-refractivity contribution is -0.126. The molecule has 2 fully saturated rings. The third-order valence-electron chi connectivity index (χ3n) is 6.45. The van der Waals surface area contributed by atoms with Crippen LogP contribution < -0.4 is 10.2 Å². The topological polar surface area (TPSA) is 88.2 Å². The van der Waals surface area contributed by atoms with Crippen molar-refractivity contribution in [2.45, 2.75) is 36.7 Å². The average Bonchev–Trinajstić information content (AvgIpc) is 2.88. The first-order valence-electron chi connectivity index (χ1n) is 12.2. The van der Waals surface area contributed by atoms with E-state index in [4.69, 9.17) is 44.3 Å². The van der Waals surface area contributed by atoms with Crippen LogP contribution >= 0.6 is 34.8 Å². The minimum Gasteiger partial charge on any atom is -0.378 e. The number of carbonyl (C=O) groups is 1. The van der Waals surface area contributed by atoms with E-state index in [0.29, 0.717) is 25.9 Å². The van der Waals surface area contributed by atoms with E-state index >= 15 is 0 Å². The molecule has 202 valence electrons. The second-order valence-corrected chi connectivity index (χ2v) is 12.1. The Kier molecular flexibility index (Phi) is 9.97. The summed E-state index contributed by atoms with van der Waals surface area (Å²) in [6, 6.07) is 10.4. The summed E-state index contributed by atoms with van der Waals surface area (Å²) in [7, 11) is -3.98. The summed E-state index contributed by atoms with van der Waals surface area (Å²) < 4.78 is 39.2. The fourth-order valence-electron chi connectivity index (χ4n) is 4.54. The summed E-state index contributed by atoms with van der Waals surface area (Å²) in [6.45, 7) is 3.81. The molecular weight excluding hydrogens is 561 g/mol. The Labute approximate surface area is 232 Å². The van der Waals surface area contributed by atoms with E-state index in [0.717, 1.165) is 44.0 Å². The quantitative estimate of drug-likeness (QED) is 0.467. The standard InChI is InChI=1S/C25H30Cl3N3O5S/c26-19-13-22(27)25(23(28)14-19)37(33,34)31-8-2-1-3-21(31)16-36-17-24(32)29-15-18-4-6-20(7-5-18)30-9-11-35-12-10-30/h4-7,13-14,21H,1-3,8-12,15-17H2,(H,29,32). The molecule has 8 nitrogen and oxygen atoms in total. The number of hydrogen-bond acceptors (Lipinski definition) is 6. The molecule has 4 rings (SSSR count). The number of piperidine rings is 1. The van der Waals surface area contributed by atoms with Crippen molar-refractivity contribution < 1.29 is 22.7 Å². The first-order chi connectivity index (χ1) is 17.8. The molecule has 0 radical (unpaired) electrons. The molecule has 37 heavy (non-hydrogen) atoms. The fourth-order valence-corrected chi connectivity index (χ4v) is 7.71. The minimum absolute atomic E-state index is 0.0277. The maximum atomic E-state index is 13.4. The molecule has 1 N–H and O–H groups in total. The molecule has 0 saturated carbocycles. The van der Waals surface area contributed by atoms with Crippen molar-refractivity contribution in [3.63, 3.8) is 0 Å². The first-order valence-corrected chi connectivity index (χ1v) is 14.8. The van der Waals surface area contributed by atoms with Crippen molar-refractivity contribution in [3.8, 4) is 0 Å². The number of amides is 1. The smallest absolute Gasteiger partial charge is 0.246 e. The molecule has 1 atom stereocenters. The highest BCUT2D eigenvalue weighted by atomic mass is 35.5. The van der Waals surface area contributed by atoms with Gasteiger partial charge in [-0.25, -0.2) is 8.42 Å². The second-order valence-electron chi connectivity index (χ2n) is 9.02. The molecule has 0 aromatic heterocycles.